The van der Waals surface area contributed by atoms with Gasteiger partial charge in [0.25, 0.3) is 0 Å². The molecule has 0 aliphatic carbocycles. The Hall–Kier alpha value is -1.30. The highest BCUT2D eigenvalue weighted by atomic mass is 19.4. The molecule has 1 aromatic carbocycles. The lowest BCUT2D eigenvalue weighted by atomic mass is 10.1. The van der Waals surface area contributed by atoms with Crippen LogP contribution in [-0.4, -0.2) is 19.8 Å². The fourth-order valence-electron chi connectivity index (χ4n) is 1.70. The highest BCUT2D eigenvalue weighted by Crippen LogP contribution is 2.23. The second-order valence-electron chi connectivity index (χ2n) is 4.28. The normalized spacial score (nSPS) is 13.4. The molecule has 108 valence electrons. The number of hydrogen-bond donors (Lipinski definition) is 1. The molecule has 0 bridgehead atoms. The Kier molecular flexibility index (Phi) is 5.60. The molecule has 0 radical (unpaired) electrons. The molecule has 1 atom stereocenters. The summed E-state index contributed by atoms with van der Waals surface area (Å²) in [6, 6.07) is 4.09. The molecule has 0 aliphatic heterocycles. The molecule has 0 saturated heterocycles. The van der Waals surface area contributed by atoms with Crippen molar-refractivity contribution >= 4 is 0 Å². The van der Waals surface area contributed by atoms with Gasteiger partial charge in [0, 0.05) is 24.1 Å². The first-order valence-corrected chi connectivity index (χ1v) is 5.97. The Morgan fingerprint density at radius 3 is 2.53 bits per heavy atom. The van der Waals surface area contributed by atoms with Gasteiger partial charge in [0.2, 0.25) is 0 Å². The number of hydrogen-bond acceptors (Lipinski definition) is 2. The highest BCUT2D eigenvalue weighted by molar-refractivity contribution is 5.30. The zero-order valence-corrected chi connectivity index (χ0v) is 10.9. The van der Waals surface area contributed by atoms with Gasteiger partial charge in [-0.15, -0.1) is 0 Å². The zero-order valence-electron chi connectivity index (χ0n) is 10.9. The third kappa shape index (κ3) is 5.46. The van der Waals surface area contributed by atoms with Gasteiger partial charge in [0.05, 0.1) is 7.11 Å². The number of rotatable bonds is 6. The Bertz CT molecular complexity index is 406. The van der Waals surface area contributed by atoms with Crippen molar-refractivity contribution in [2.24, 2.45) is 0 Å². The van der Waals surface area contributed by atoms with Crippen LogP contribution < -0.4 is 10.1 Å². The second-order valence-corrected chi connectivity index (χ2v) is 4.28. The van der Waals surface area contributed by atoms with E-state index in [4.69, 9.17) is 4.74 Å². The lowest BCUT2D eigenvalue weighted by Crippen LogP contribution is -2.22. The van der Waals surface area contributed by atoms with Gasteiger partial charge in [-0.1, -0.05) is 6.07 Å². The summed E-state index contributed by atoms with van der Waals surface area (Å²) in [5.41, 5.74) is 0.410. The van der Waals surface area contributed by atoms with Gasteiger partial charge in [0.1, 0.15) is 11.6 Å². The fraction of sp³-hybridized carbons (Fsp3) is 0.538. The fourth-order valence-corrected chi connectivity index (χ4v) is 1.70. The average Bonchev–Trinajstić information content (AvgIpc) is 2.33. The van der Waals surface area contributed by atoms with Crippen LogP contribution in [-0.2, 0) is 0 Å². The minimum Gasteiger partial charge on any atom is -0.497 e. The van der Waals surface area contributed by atoms with Crippen molar-refractivity contribution in [3.63, 3.8) is 0 Å². The van der Waals surface area contributed by atoms with Crippen molar-refractivity contribution in [2.75, 3.05) is 13.7 Å². The molecule has 0 heterocycles. The van der Waals surface area contributed by atoms with Crippen LogP contribution in [0.2, 0.25) is 0 Å². The van der Waals surface area contributed by atoms with Gasteiger partial charge in [-0.3, -0.25) is 0 Å². The summed E-state index contributed by atoms with van der Waals surface area (Å²) in [5.74, 6) is -0.0271. The van der Waals surface area contributed by atoms with Crippen molar-refractivity contribution < 1.29 is 22.3 Å². The predicted molar refractivity (Wildman–Crippen MR) is 64.7 cm³/mol. The van der Waals surface area contributed by atoms with Crippen molar-refractivity contribution in [1.29, 1.82) is 0 Å². The summed E-state index contributed by atoms with van der Waals surface area (Å²) in [6.07, 6.45) is -5.00. The standard InChI is InChI=1S/C13H17F4NO/c1-9(18-7-3-6-13(15,16)17)11-5-4-10(19-2)8-12(11)14/h4-5,8-9,18H,3,6-7H2,1-2H3. The third-order valence-corrected chi connectivity index (χ3v) is 2.76. The van der Waals surface area contributed by atoms with Gasteiger partial charge in [0.15, 0.2) is 0 Å². The summed E-state index contributed by atoms with van der Waals surface area (Å²) in [4.78, 5) is 0. The van der Waals surface area contributed by atoms with Crippen LogP contribution >= 0.6 is 0 Å². The third-order valence-electron chi connectivity index (χ3n) is 2.76. The molecule has 1 rings (SSSR count). The van der Waals surface area contributed by atoms with Crippen LogP contribution in [0.15, 0.2) is 18.2 Å². The van der Waals surface area contributed by atoms with Crippen LogP contribution in [0.3, 0.4) is 0 Å². The molecular formula is C13H17F4NO. The molecule has 0 aromatic heterocycles. The van der Waals surface area contributed by atoms with E-state index in [1.165, 1.54) is 13.2 Å². The first kappa shape index (κ1) is 15.8. The van der Waals surface area contributed by atoms with E-state index in [2.05, 4.69) is 5.32 Å². The number of ether oxygens (including phenoxy) is 1. The van der Waals surface area contributed by atoms with Gasteiger partial charge in [-0.25, -0.2) is 4.39 Å². The van der Waals surface area contributed by atoms with E-state index in [-0.39, 0.29) is 19.0 Å². The minimum absolute atomic E-state index is 0.0222. The average molecular weight is 279 g/mol. The molecule has 0 saturated carbocycles. The molecule has 1 N–H and O–H groups in total. The Labute approximate surface area is 109 Å². The molecule has 6 heteroatoms. The van der Waals surface area contributed by atoms with E-state index in [1.54, 1.807) is 19.1 Å². The number of methoxy groups -OCH3 is 1. The molecule has 0 amide bonds. The van der Waals surface area contributed by atoms with Crippen LogP contribution in [0.5, 0.6) is 5.75 Å². The van der Waals surface area contributed by atoms with Crippen LogP contribution in [0.1, 0.15) is 31.4 Å². The summed E-state index contributed by atoms with van der Waals surface area (Å²) in [5, 5.41) is 2.87. The van der Waals surface area contributed by atoms with Gasteiger partial charge < -0.3 is 10.1 Å². The SMILES string of the molecule is COc1ccc(C(C)NCCCC(F)(F)F)c(F)c1. The lowest BCUT2D eigenvalue weighted by molar-refractivity contribution is -0.135. The monoisotopic (exact) mass is 279 g/mol. The topological polar surface area (TPSA) is 21.3 Å². The van der Waals surface area contributed by atoms with E-state index in [0.29, 0.717) is 11.3 Å². The Morgan fingerprint density at radius 1 is 1.32 bits per heavy atom. The number of alkyl halides is 3. The maximum atomic E-state index is 13.7. The summed E-state index contributed by atoms with van der Waals surface area (Å²) >= 11 is 0. The van der Waals surface area contributed by atoms with E-state index < -0.39 is 18.4 Å². The first-order valence-electron chi connectivity index (χ1n) is 5.97. The number of halogens is 4. The van der Waals surface area contributed by atoms with Crippen molar-refractivity contribution in [3.8, 4) is 5.75 Å². The molecular weight excluding hydrogens is 262 g/mol. The van der Waals surface area contributed by atoms with Crippen LogP contribution in [0, 0.1) is 5.82 Å². The Morgan fingerprint density at radius 2 is 2.00 bits per heavy atom. The smallest absolute Gasteiger partial charge is 0.389 e. The Balaban J connectivity index is 2.47. The van der Waals surface area contributed by atoms with Gasteiger partial charge in [-0.2, -0.15) is 13.2 Å². The van der Waals surface area contributed by atoms with Gasteiger partial charge >= 0.3 is 6.18 Å². The maximum absolute atomic E-state index is 13.7. The van der Waals surface area contributed by atoms with E-state index in [9.17, 15) is 17.6 Å². The van der Waals surface area contributed by atoms with Crippen molar-refractivity contribution in [2.45, 2.75) is 32.0 Å². The van der Waals surface area contributed by atoms with Crippen LogP contribution in [0.25, 0.3) is 0 Å². The highest BCUT2D eigenvalue weighted by Gasteiger charge is 2.26. The number of nitrogens with one attached hydrogen (secondary N) is 1. The molecule has 1 aromatic rings. The molecule has 0 spiro atoms. The molecule has 0 fully saturated rings. The van der Waals surface area contributed by atoms with Crippen molar-refractivity contribution in [3.05, 3.63) is 29.6 Å². The van der Waals surface area contributed by atoms with Crippen LogP contribution in [0.4, 0.5) is 17.6 Å². The van der Waals surface area contributed by atoms with E-state index >= 15 is 0 Å². The summed E-state index contributed by atoms with van der Waals surface area (Å²) in [6.45, 7) is 1.89. The largest absolute Gasteiger partial charge is 0.497 e. The van der Waals surface area contributed by atoms with Gasteiger partial charge in [-0.05, 0) is 26.0 Å². The quantitative estimate of drug-likeness (QED) is 0.631. The van der Waals surface area contributed by atoms with E-state index in [1.807, 2.05) is 0 Å². The van der Waals surface area contributed by atoms with E-state index in [0.717, 1.165) is 0 Å². The summed E-state index contributed by atoms with van der Waals surface area (Å²) < 4.78 is 54.4. The molecule has 1 unspecified atom stereocenters. The predicted octanol–water partition coefficient (Wildman–Crippen LogP) is 3.83. The first-order chi connectivity index (χ1) is 8.83. The maximum Gasteiger partial charge on any atom is 0.389 e. The molecule has 0 aliphatic rings. The lowest BCUT2D eigenvalue weighted by Gasteiger charge is -2.16. The summed E-state index contributed by atoms with van der Waals surface area (Å²) in [7, 11) is 1.44. The minimum atomic E-state index is -4.14. The second kappa shape index (κ2) is 6.75. The van der Waals surface area contributed by atoms with Crippen molar-refractivity contribution in [1.82, 2.24) is 5.32 Å². The number of benzene rings is 1. The zero-order chi connectivity index (χ0) is 14.5. The molecule has 19 heavy (non-hydrogen) atoms. The molecule has 2 nitrogen and oxygen atoms in total.